The monoisotopic (exact) mass is 279 g/mol. The molecular formula is C15H22FN3O. The third-order valence-electron chi connectivity index (χ3n) is 3.57. The number of hydrogen-bond acceptors (Lipinski definition) is 3. The first-order valence-corrected chi connectivity index (χ1v) is 7.17. The molecule has 1 atom stereocenters. The smallest absolute Gasteiger partial charge is 0.239 e. The molecule has 1 saturated heterocycles. The molecule has 2 rings (SSSR count). The first-order chi connectivity index (χ1) is 9.63. The quantitative estimate of drug-likeness (QED) is 0.883. The summed E-state index contributed by atoms with van der Waals surface area (Å²) >= 11 is 0. The summed E-state index contributed by atoms with van der Waals surface area (Å²) < 4.78 is 14.3. The van der Waals surface area contributed by atoms with Gasteiger partial charge in [-0.15, -0.1) is 0 Å². The van der Waals surface area contributed by atoms with Gasteiger partial charge in [0, 0.05) is 19.1 Å². The van der Waals surface area contributed by atoms with Gasteiger partial charge in [0.1, 0.15) is 5.82 Å². The van der Waals surface area contributed by atoms with Crippen molar-refractivity contribution < 1.29 is 9.18 Å². The number of nitrogens with zero attached hydrogens (tertiary/aromatic N) is 1. The lowest BCUT2D eigenvalue weighted by Crippen LogP contribution is -2.34. The van der Waals surface area contributed by atoms with E-state index >= 15 is 0 Å². The van der Waals surface area contributed by atoms with Crippen LogP contribution in [0.4, 0.5) is 10.1 Å². The lowest BCUT2D eigenvalue weighted by atomic mass is 10.0. The topological polar surface area (TPSA) is 44.4 Å². The van der Waals surface area contributed by atoms with E-state index in [2.05, 4.69) is 10.6 Å². The van der Waals surface area contributed by atoms with Gasteiger partial charge in [-0.2, -0.15) is 0 Å². The van der Waals surface area contributed by atoms with Crippen molar-refractivity contribution in [1.82, 2.24) is 10.6 Å². The molecule has 0 aromatic heterocycles. The van der Waals surface area contributed by atoms with Crippen molar-refractivity contribution in [2.45, 2.75) is 26.3 Å². The number of benzene rings is 1. The number of anilines is 1. The van der Waals surface area contributed by atoms with E-state index in [1.54, 1.807) is 6.07 Å². The van der Waals surface area contributed by atoms with E-state index in [4.69, 9.17) is 0 Å². The van der Waals surface area contributed by atoms with Crippen LogP contribution in [0.2, 0.25) is 0 Å². The van der Waals surface area contributed by atoms with Crippen LogP contribution in [0.3, 0.4) is 0 Å². The Morgan fingerprint density at radius 1 is 1.50 bits per heavy atom. The molecule has 0 saturated carbocycles. The van der Waals surface area contributed by atoms with E-state index in [-0.39, 0.29) is 24.3 Å². The Bertz CT molecular complexity index is 478. The van der Waals surface area contributed by atoms with Crippen LogP contribution in [-0.4, -0.2) is 32.1 Å². The van der Waals surface area contributed by atoms with Crippen LogP contribution in [0.1, 0.15) is 31.9 Å². The number of para-hydroxylation sites is 1. The highest BCUT2D eigenvalue weighted by molar-refractivity contribution is 5.82. The SMILES string of the molecule is CCNC(C)c1cccc(F)c1N1CCCNC(=O)C1. The first kappa shape index (κ1) is 14.8. The zero-order valence-corrected chi connectivity index (χ0v) is 12.1. The third kappa shape index (κ3) is 3.28. The Hall–Kier alpha value is -1.62. The van der Waals surface area contributed by atoms with E-state index in [9.17, 15) is 9.18 Å². The second kappa shape index (κ2) is 6.70. The summed E-state index contributed by atoms with van der Waals surface area (Å²) in [4.78, 5) is 13.5. The molecule has 1 aromatic carbocycles. The van der Waals surface area contributed by atoms with Crippen molar-refractivity contribution in [1.29, 1.82) is 0 Å². The molecule has 1 unspecified atom stereocenters. The van der Waals surface area contributed by atoms with Crippen molar-refractivity contribution in [2.75, 3.05) is 31.1 Å². The Labute approximate surface area is 119 Å². The van der Waals surface area contributed by atoms with Crippen molar-refractivity contribution in [3.8, 4) is 0 Å². The minimum atomic E-state index is -0.262. The number of halogens is 1. The van der Waals surface area contributed by atoms with E-state index < -0.39 is 0 Å². The summed E-state index contributed by atoms with van der Waals surface area (Å²) in [5.74, 6) is -0.310. The van der Waals surface area contributed by atoms with Crippen LogP contribution >= 0.6 is 0 Å². The number of amides is 1. The third-order valence-corrected chi connectivity index (χ3v) is 3.57. The van der Waals surface area contributed by atoms with E-state index in [0.29, 0.717) is 18.8 Å². The number of nitrogens with one attached hydrogen (secondary N) is 2. The van der Waals surface area contributed by atoms with Gasteiger partial charge >= 0.3 is 0 Å². The number of carbonyl (C=O) groups excluding carboxylic acids is 1. The molecule has 5 heteroatoms. The molecule has 2 N–H and O–H groups in total. The van der Waals surface area contributed by atoms with E-state index in [1.165, 1.54) is 6.07 Å². The minimum Gasteiger partial charge on any atom is -0.360 e. The predicted octanol–water partition coefficient (Wildman–Crippen LogP) is 1.82. The summed E-state index contributed by atoms with van der Waals surface area (Å²) in [7, 11) is 0. The van der Waals surface area contributed by atoms with Gasteiger partial charge < -0.3 is 15.5 Å². The molecule has 1 heterocycles. The van der Waals surface area contributed by atoms with Crippen molar-refractivity contribution >= 4 is 11.6 Å². The second-order valence-electron chi connectivity index (χ2n) is 5.08. The summed E-state index contributed by atoms with van der Waals surface area (Å²) in [6.07, 6.45) is 0.828. The average molecular weight is 279 g/mol. The second-order valence-corrected chi connectivity index (χ2v) is 5.08. The van der Waals surface area contributed by atoms with Crippen LogP contribution in [-0.2, 0) is 4.79 Å². The van der Waals surface area contributed by atoms with E-state index in [1.807, 2.05) is 24.8 Å². The lowest BCUT2D eigenvalue weighted by Gasteiger charge is -2.27. The maximum absolute atomic E-state index is 14.3. The Balaban J connectivity index is 2.35. The van der Waals surface area contributed by atoms with Crippen LogP contribution in [0.5, 0.6) is 0 Å². The molecule has 1 fully saturated rings. The summed E-state index contributed by atoms with van der Waals surface area (Å²) in [6, 6.07) is 5.16. The van der Waals surface area contributed by atoms with Crippen LogP contribution in [0, 0.1) is 5.82 Å². The number of carbonyl (C=O) groups is 1. The summed E-state index contributed by atoms with van der Waals surface area (Å²) in [5, 5.41) is 6.12. The van der Waals surface area contributed by atoms with Gasteiger partial charge in [-0.1, -0.05) is 19.1 Å². The maximum Gasteiger partial charge on any atom is 0.239 e. The lowest BCUT2D eigenvalue weighted by molar-refractivity contribution is -0.119. The molecule has 0 bridgehead atoms. The molecule has 1 aromatic rings. The molecular weight excluding hydrogens is 257 g/mol. The van der Waals surface area contributed by atoms with Crippen LogP contribution < -0.4 is 15.5 Å². The molecule has 1 aliphatic rings. The Kier molecular flexibility index (Phi) is 4.95. The highest BCUT2D eigenvalue weighted by Gasteiger charge is 2.22. The summed E-state index contributed by atoms with van der Waals surface area (Å²) in [6.45, 7) is 6.41. The predicted molar refractivity (Wildman–Crippen MR) is 78.3 cm³/mol. The highest BCUT2D eigenvalue weighted by atomic mass is 19.1. The zero-order chi connectivity index (χ0) is 14.5. The van der Waals surface area contributed by atoms with Crippen molar-refractivity contribution in [2.24, 2.45) is 0 Å². The fraction of sp³-hybridized carbons (Fsp3) is 0.533. The van der Waals surface area contributed by atoms with Gasteiger partial charge in [0.15, 0.2) is 0 Å². The highest BCUT2D eigenvalue weighted by Crippen LogP contribution is 2.29. The molecule has 0 radical (unpaired) electrons. The zero-order valence-electron chi connectivity index (χ0n) is 12.1. The van der Waals surface area contributed by atoms with Gasteiger partial charge in [0.05, 0.1) is 12.2 Å². The molecule has 110 valence electrons. The minimum absolute atomic E-state index is 0.0483. The molecule has 4 nitrogen and oxygen atoms in total. The molecule has 20 heavy (non-hydrogen) atoms. The van der Waals surface area contributed by atoms with Crippen molar-refractivity contribution in [3.05, 3.63) is 29.6 Å². The van der Waals surface area contributed by atoms with Gasteiger partial charge in [-0.25, -0.2) is 4.39 Å². The first-order valence-electron chi connectivity index (χ1n) is 7.17. The number of rotatable bonds is 4. The molecule has 0 aliphatic carbocycles. The summed E-state index contributed by atoms with van der Waals surface area (Å²) in [5.41, 5.74) is 1.46. The van der Waals surface area contributed by atoms with Gasteiger partial charge in [0.2, 0.25) is 5.91 Å². The van der Waals surface area contributed by atoms with Gasteiger partial charge in [-0.05, 0) is 31.5 Å². The number of hydrogen-bond donors (Lipinski definition) is 2. The van der Waals surface area contributed by atoms with Gasteiger partial charge in [0.25, 0.3) is 0 Å². The largest absolute Gasteiger partial charge is 0.360 e. The normalized spacial score (nSPS) is 17.6. The molecule has 1 amide bonds. The maximum atomic E-state index is 14.3. The van der Waals surface area contributed by atoms with Crippen LogP contribution in [0.25, 0.3) is 0 Å². The Morgan fingerprint density at radius 3 is 3.05 bits per heavy atom. The van der Waals surface area contributed by atoms with Gasteiger partial charge in [-0.3, -0.25) is 4.79 Å². The fourth-order valence-corrected chi connectivity index (χ4v) is 2.63. The van der Waals surface area contributed by atoms with E-state index in [0.717, 1.165) is 18.5 Å². The van der Waals surface area contributed by atoms with Crippen molar-refractivity contribution in [3.63, 3.8) is 0 Å². The Morgan fingerprint density at radius 2 is 2.30 bits per heavy atom. The fourth-order valence-electron chi connectivity index (χ4n) is 2.63. The average Bonchev–Trinajstić information content (AvgIpc) is 2.63. The van der Waals surface area contributed by atoms with Crippen LogP contribution in [0.15, 0.2) is 18.2 Å². The molecule has 0 spiro atoms. The standard InChI is InChI=1S/C15H22FN3O/c1-3-17-11(2)12-6-4-7-13(16)15(12)19-9-5-8-18-14(20)10-19/h4,6-7,11,17H,3,5,8-10H2,1-2H3,(H,18,20). The molecule has 1 aliphatic heterocycles.